The summed E-state index contributed by atoms with van der Waals surface area (Å²) in [5.74, 6) is 9.66. The number of rotatable bonds is 1. The molecule has 0 heteroatoms. The average Bonchev–Trinajstić information content (AvgIpc) is 2.04. The summed E-state index contributed by atoms with van der Waals surface area (Å²) in [4.78, 5) is 0. The molecule has 3 atom stereocenters. The van der Waals surface area contributed by atoms with Gasteiger partial charge in [-0.3, -0.25) is 0 Å². The van der Waals surface area contributed by atoms with Crippen LogP contribution in [0.4, 0.5) is 0 Å². The third-order valence-electron chi connectivity index (χ3n) is 3.71. The van der Waals surface area contributed by atoms with Gasteiger partial charge in [-0.1, -0.05) is 13.3 Å². The zero-order valence-corrected chi connectivity index (χ0v) is 7.97. The molecule has 2 rings (SSSR count). The van der Waals surface area contributed by atoms with Gasteiger partial charge in [-0.2, -0.15) is 0 Å². The van der Waals surface area contributed by atoms with Gasteiger partial charge in [0.1, 0.15) is 0 Å². The Morgan fingerprint density at radius 3 is 2.67 bits per heavy atom. The lowest BCUT2D eigenvalue weighted by molar-refractivity contribution is 0.0546. The van der Waals surface area contributed by atoms with Crippen LogP contribution in [0.5, 0.6) is 0 Å². The Morgan fingerprint density at radius 2 is 1.92 bits per heavy atom. The van der Waals surface area contributed by atoms with Crippen molar-refractivity contribution in [3.63, 3.8) is 0 Å². The summed E-state index contributed by atoms with van der Waals surface area (Å²) in [6, 6.07) is 0. The first-order valence-corrected chi connectivity index (χ1v) is 5.37. The van der Waals surface area contributed by atoms with E-state index in [1.807, 2.05) is 0 Å². The summed E-state index contributed by atoms with van der Waals surface area (Å²) in [6.07, 6.45) is 8.00. The second kappa shape index (κ2) is 3.52. The maximum absolute atomic E-state index is 3.27. The molecular formula is C12H18. The van der Waals surface area contributed by atoms with Crippen LogP contribution in [0.3, 0.4) is 0 Å². The molecule has 0 radical (unpaired) electrons. The Bertz CT molecular complexity index is 206. The van der Waals surface area contributed by atoms with Crippen molar-refractivity contribution < 1.29 is 0 Å². The molecule has 0 heterocycles. The molecule has 0 amide bonds. The third kappa shape index (κ3) is 1.38. The van der Waals surface area contributed by atoms with Gasteiger partial charge in [-0.05, 0) is 37.0 Å². The van der Waals surface area contributed by atoms with Crippen LogP contribution in [-0.4, -0.2) is 0 Å². The van der Waals surface area contributed by atoms with E-state index in [1.54, 1.807) is 0 Å². The Hall–Kier alpha value is -0.440. The Balaban J connectivity index is 1.94. The molecule has 0 aromatic heterocycles. The van der Waals surface area contributed by atoms with Gasteiger partial charge in [0.2, 0.25) is 0 Å². The van der Waals surface area contributed by atoms with Crippen molar-refractivity contribution in [2.24, 2.45) is 17.8 Å². The van der Waals surface area contributed by atoms with E-state index >= 15 is 0 Å². The van der Waals surface area contributed by atoms with Gasteiger partial charge < -0.3 is 0 Å². The molecule has 0 aromatic rings. The normalized spacial score (nSPS) is 39.6. The summed E-state index contributed by atoms with van der Waals surface area (Å²) >= 11 is 0. The minimum absolute atomic E-state index is 1.05. The van der Waals surface area contributed by atoms with E-state index in [9.17, 15) is 0 Å². The Labute approximate surface area is 75.7 Å². The fourth-order valence-electron chi connectivity index (χ4n) is 2.87. The van der Waals surface area contributed by atoms with Gasteiger partial charge >= 0.3 is 0 Å². The lowest BCUT2D eigenvalue weighted by Crippen LogP contribution is -2.36. The monoisotopic (exact) mass is 162 g/mol. The molecule has 0 N–H and O–H groups in total. The zero-order chi connectivity index (χ0) is 8.39. The lowest BCUT2D eigenvalue weighted by Gasteiger charge is -2.45. The molecule has 1 fully saturated rings. The molecule has 0 spiro atoms. The standard InChI is InChI=1S/C12H18/c1-2-10-9-11-7-5-3-4-6-8-12(10)11/h10-12H,2,5-9H2,1H3. The second-order valence-corrected chi connectivity index (χ2v) is 4.26. The van der Waals surface area contributed by atoms with Crippen molar-refractivity contribution >= 4 is 0 Å². The fourth-order valence-corrected chi connectivity index (χ4v) is 2.87. The van der Waals surface area contributed by atoms with E-state index in [1.165, 1.54) is 25.7 Å². The van der Waals surface area contributed by atoms with Crippen LogP contribution in [0.1, 0.15) is 45.4 Å². The van der Waals surface area contributed by atoms with E-state index in [2.05, 4.69) is 18.8 Å². The van der Waals surface area contributed by atoms with Crippen LogP contribution < -0.4 is 0 Å². The smallest absolute Gasteiger partial charge is 0.00915 e. The van der Waals surface area contributed by atoms with Crippen molar-refractivity contribution in [3.05, 3.63) is 0 Å². The highest BCUT2D eigenvalue weighted by Crippen LogP contribution is 2.47. The number of hydrogen-bond donors (Lipinski definition) is 0. The summed E-state index contributed by atoms with van der Waals surface area (Å²) < 4.78 is 0. The molecule has 2 aliphatic carbocycles. The van der Waals surface area contributed by atoms with Crippen molar-refractivity contribution in [2.75, 3.05) is 0 Å². The van der Waals surface area contributed by atoms with E-state index in [4.69, 9.17) is 0 Å². The van der Waals surface area contributed by atoms with E-state index in [0.29, 0.717) is 0 Å². The highest BCUT2D eigenvalue weighted by atomic mass is 14.4. The molecule has 0 nitrogen and oxygen atoms in total. The van der Waals surface area contributed by atoms with Crippen molar-refractivity contribution in [3.8, 4) is 11.8 Å². The summed E-state index contributed by atoms with van der Waals surface area (Å²) in [5.41, 5.74) is 0. The minimum Gasteiger partial charge on any atom is -0.103 e. The van der Waals surface area contributed by atoms with Crippen LogP contribution in [0.25, 0.3) is 0 Å². The van der Waals surface area contributed by atoms with Crippen molar-refractivity contribution in [2.45, 2.75) is 45.4 Å². The van der Waals surface area contributed by atoms with Crippen LogP contribution in [0.15, 0.2) is 0 Å². The largest absolute Gasteiger partial charge is 0.103 e. The SMILES string of the molecule is CCC1CC2CCC#CCCC12. The summed E-state index contributed by atoms with van der Waals surface area (Å²) in [7, 11) is 0. The molecule has 0 saturated heterocycles. The molecule has 66 valence electrons. The number of hydrogen-bond acceptors (Lipinski definition) is 0. The first-order chi connectivity index (χ1) is 5.92. The van der Waals surface area contributed by atoms with Crippen molar-refractivity contribution in [1.82, 2.24) is 0 Å². The quantitative estimate of drug-likeness (QED) is 0.519. The predicted molar refractivity (Wildman–Crippen MR) is 51.6 cm³/mol. The molecule has 12 heavy (non-hydrogen) atoms. The highest BCUT2D eigenvalue weighted by Gasteiger charge is 2.38. The summed E-state index contributed by atoms with van der Waals surface area (Å²) in [6.45, 7) is 2.34. The third-order valence-corrected chi connectivity index (χ3v) is 3.71. The Kier molecular flexibility index (Phi) is 2.40. The topological polar surface area (TPSA) is 0 Å². The molecular weight excluding hydrogens is 144 g/mol. The van der Waals surface area contributed by atoms with E-state index in [-0.39, 0.29) is 0 Å². The number of fused-ring (bicyclic) bond motifs is 1. The average molecular weight is 162 g/mol. The van der Waals surface area contributed by atoms with Gasteiger partial charge in [0.15, 0.2) is 0 Å². The molecule has 2 aliphatic rings. The Morgan fingerprint density at radius 1 is 1.17 bits per heavy atom. The second-order valence-electron chi connectivity index (χ2n) is 4.26. The van der Waals surface area contributed by atoms with Gasteiger partial charge in [0, 0.05) is 12.8 Å². The van der Waals surface area contributed by atoms with Gasteiger partial charge in [0.25, 0.3) is 0 Å². The van der Waals surface area contributed by atoms with Crippen LogP contribution in [0.2, 0.25) is 0 Å². The minimum atomic E-state index is 1.05. The fraction of sp³-hybridized carbons (Fsp3) is 0.833. The molecule has 0 aliphatic heterocycles. The molecule has 3 unspecified atom stereocenters. The van der Waals surface area contributed by atoms with Gasteiger partial charge in [-0.15, -0.1) is 11.8 Å². The first-order valence-electron chi connectivity index (χ1n) is 5.37. The van der Waals surface area contributed by atoms with Crippen molar-refractivity contribution in [1.29, 1.82) is 0 Å². The van der Waals surface area contributed by atoms with E-state index < -0.39 is 0 Å². The lowest BCUT2D eigenvalue weighted by atomic mass is 9.60. The molecule has 0 bridgehead atoms. The predicted octanol–water partition coefficient (Wildman–Crippen LogP) is 3.23. The maximum Gasteiger partial charge on any atom is 0.00915 e. The zero-order valence-electron chi connectivity index (χ0n) is 7.97. The molecule has 1 saturated carbocycles. The van der Waals surface area contributed by atoms with Gasteiger partial charge in [0.05, 0.1) is 0 Å². The maximum atomic E-state index is 3.27. The van der Waals surface area contributed by atoms with Gasteiger partial charge in [-0.25, -0.2) is 0 Å². The molecule has 0 aromatic carbocycles. The van der Waals surface area contributed by atoms with Crippen LogP contribution in [-0.2, 0) is 0 Å². The first kappa shape index (κ1) is 8.17. The van der Waals surface area contributed by atoms with Crippen LogP contribution in [0, 0.1) is 29.6 Å². The highest BCUT2D eigenvalue weighted by molar-refractivity contribution is 5.04. The van der Waals surface area contributed by atoms with Crippen LogP contribution >= 0.6 is 0 Å². The summed E-state index contributed by atoms with van der Waals surface area (Å²) in [5, 5.41) is 0. The van der Waals surface area contributed by atoms with E-state index in [0.717, 1.165) is 30.6 Å².